The van der Waals surface area contributed by atoms with Crippen molar-refractivity contribution in [3.8, 4) is 11.4 Å². The second kappa shape index (κ2) is 8.36. The van der Waals surface area contributed by atoms with Gasteiger partial charge >= 0.3 is 0 Å². The van der Waals surface area contributed by atoms with Crippen LogP contribution in [0.1, 0.15) is 37.2 Å². The first-order valence-electron chi connectivity index (χ1n) is 9.32. The number of hydrogen-bond acceptors (Lipinski definition) is 4. The molecule has 0 radical (unpaired) electrons. The van der Waals surface area contributed by atoms with Gasteiger partial charge in [-0.25, -0.2) is 4.68 Å². The van der Waals surface area contributed by atoms with E-state index in [1.807, 2.05) is 42.3 Å². The van der Waals surface area contributed by atoms with E-state index in [0.717, 1.165) is 31.6 Å². The zero-order chi connectivity index (χ0) is 18.5. The Morgan fingerprint density at radius 3 is 2.65 bits per heavy atom. The number of nitrogens with one attached hydrogen (secondary N) is 1. The predicted octanol–water partition coefficient (Wildman–Crippen LogP) is 2.73. The molecule has 0 saturated carbocycles. The van der Waals surface area contributed by atoms with Gasteiger partial charge < -0.3 is 15.0 Å². The number of ether oxygens (including phenoxy) is 1. The first-order chi connectivity index (χ1) is 12.6. The summed E-state index contributed by atoms with van der Waals surface area (Å²) in [5, 5.41) is 7.89. The maximum Gasteiger partial charge on any atom is 0.278 e. The fraction of sp³-hybridized carbons (Fsp3) is 0.500. The van der Waals surface area contributed by atoms with Gasteiger partial charge in [-0.1, -0.05) is 32.0 Å². The Labute approximate surface area is 155 Å². The minimum Gasteiger partial charge on any atom is -0.489 e. The van der Waals surface area contributed by atoms with Crippen LogP contribution in [0.2, 0.25) is 0 Å². The number of hydrogen-bond donors (Lipinski definition) is 1. The van der Waals surface area contributed by atoms with E-state index in [4.69, 9.17) is 4.74 Å². The van der Waals surface area contributed by atoms with E-state index in [2.05, 4.69) is 24.3 Å². The molecule has 26 heavy (non-hydrogen) atoms. The van der Waals surface area contributed by atoms with Crippen LogP contribution >= 0.6 is 0 Å². The van der Waals surface area contributed by atoms with Crippen molar-refractivity contribution in [2.45, 2.75) is 32.7 Å². The lowest BCUT2D eigenvalue weighted by atomic mass is 10.1. The first kappa shape index (κ1) is 18.5. The molecule has 1 amide bonds. The molecule has 3 rings (SSSR count). The lowest BCUT2D eigenvalue weighted by Gasteiger charge is -2.31. The van der Waals surface area contributed by atoms with Gasteiger partial charge in [-0.15, -0.1) is 0 Å². The maximum atomic E-state index is 13.1. The van der Waals surface area contributed by atoms with Gasteiger partial charge in [0.2, 0.25) is 0 Å². The topological polar surface area (TPSA) is 59.4 Å². The van der Waals surface area contributed by atoms with Crippen molar-refractivity contribution in [1.29, 1.82) is 0 Å². The summed E-state index contributed by atoms with van der Waals surface area (Å²) in [6.07, 6.45) is 3.73. The summed E-state index contributed by atoms with van der Waals surface area (Å²) >= 11 is 0. The predicted molar refractivity (Wildman–Crippen MR) is 102 cm³/mol. The SMILES string of the molecule is CC(C)COc1cn(-c2ccccc2)nc1C(=O)N(C)C1CCNCC1. The highest BCUT2D eigenvalue weighted by molar-refractivity contribution is 5.95. The number of para-hydroxylation sites is 1. The van der Waals surface area contributed by atoms with E-state index >= 15 is 0 Å². The van der Waals surface area contributed by atoms with Crippen molar-refractivity contribution in [3.05, 3.63) is 42.2 Å². The van der Waals surface area contributed by atoms with Crippen LogP contribution in [0.5, 0.6) is 5.75 Å². The Morgan fingerprint density at radius 1 is 1.31 bits per heavy atom. The summed E-state index contributed by atoms with van der Waals surface area (Å²) in [7, 11) is 1.87. The Morgan fingerprint density at radius 2 is 2.00 bits per heavy atom. The first-order valence-corrected chi connectivity index (χ1v) is 9.32. The number of piperidine rings is 1. The van der Waals surface area contributed by atoms with Gasteiger partial charge in [-0.05, 0) is 44.0 Å². The minimum absolute atomic E-state index is 0.0784. The largest absolute Gasteiger partial charge is 0.489 e. The molecular weight excluding hydrogens is 328 g/mol. The van der Waals surface area contributed by atoms with Crippen molar-refractivity contribution in [2.24, 2.45) is 5.92 Å². The van der Waals surface area contributed by atoms with E-state index in [0.29, 0.717) is 24.0 Å². The summed E-state index contributed by atoms with van der Waals surface area (Å²) in [6, 6.07) is 10.0. The molecule has 1 aromatic carbocycles. The molecule has 140 valence electrons. The fourth-order valence-electron chi connectivity index (χ4n) is 3.11. The van der Waals surface area contributed by atoms with Gasteiger partial charge in [0.15, 0.2) is 11.4 Å². The highest BCUT2D eigenvalue weighted by atomic mass is 16.5. The summed E-state index contributed by atoms with van der Waals surface area (Å²) in [6.45, 7) is 6.61. The molecule has 2 heterocycles. The van der Waals surface area contributed by atoms with Gasteiger partial charge in [0.25, 0.3) is 5.91 Å². The number of carbonyl (C=O) groups excluding carboxylic acids is 1. The maximum absolute atomic E-state index is 13.1. The average molecular weight is 356 g/mol. The van der Waals surface area contributed by atoms with Crippen molar-refractivity contribution in [2.75, 3.05) is 26.7 Å². The number of nitrogens with zero attached hydrogens (tertiary/aromatic N) is 3. The van der Waals surface area contributed by atoms with Gasteiger partial charge in [-0.3, -0.25) is 4.79 Å². The molecule has 1 aromatic heterocycles. The van der Waals surface area contributed by atoms with E-state index in [1.54, 1.807) is 10.9 Å². The Balaban J connectivity index is 1.87. The third-order valence-corrected chi connectivity index (χ3v) is 4.65. The van der Waals surface area contributed by atoms with Crippen LogP contribution in [-0.2, 0) is 0 Å². The van der Waals surface area contributed by atoms with Gasteiger partial charge in [-0.2, -0.15) is 5.10 Å². The van der Waals surface area contributed by atoms with E-state index in [9.17, 15) is 4.79 Å². The fourth-order valence-corrected chi connectivity index (χ4v) is 3.11. The Bertz CT molecular complexity index is 721. The number of amides is 1. The Kier molecular flexibility index (Phi) is 5.93. The van der Waals surface area contributed by atoms with Crippen LogP contribution < -0.4 is 10.1 Å². The lowest BCUT2D eigenvalue weighted by molar-refractivity contribution is 0.0691. The van der Waals surface area contributed by atoms with Gasteiger partial charge in [0, 0.05) is 13.1 Å². The molecule has 1 saturated heterocycles. The summed E-state index contributed by atoms with van der Waals surface area (Å²) in [4.78, 5) is 14.9. The zero-order valence-electron chi connectivity index (χ0n) is 15.8. The number of benzene rings is 1. The Hall–Kier alpha value is -2.34. The summed E-state index contributed by atoms with van der Waals surface area (Å²) < 4.78 is 7.64. The normalized spacial score (nSPS) is 15.2. The molecule has 1 aliphatic heterocycles. The van der Waals surface area contributed by atoms with Crippen molar-refractivity contribution in [3.63, 3.8) is 0 Å². The molecule has 1 N–H and O–H groups in total. The molecule has 0 spiro atoms. The van der Waals surface area contributed by atoms with Crippen LogP contribution in [-0.4, -0.2) is 53.4 Å². The molecular formula is C20H28N4O2. The van der Waals surface area contributed by atoms with E-state index in [1.165, 1.54) is 0 Å². The molecule has 1 fully saturated rings. The van der Waals surface area contributed by atoms with Crippen LogP contribution in [0.3, 0.4) is 0 Å². The molecule has 6 heteroatoms. The third kappa shape index (κ3) is 4.25. The van der Waals surface area contributed by atoms with Gasteiger partial charge in [0.05, 0.1) is 18.5 Å². The molecule has 6 nitrogen and oxygen atoms in total. The summed E-state index contributed by atoms with van der Waals surface area (Å²) in [5.41, 5.74) is 1.29. The second-order valence-electron chi connectivity index (χ2n) is 7.22. The van der Waals surface area contributed by atoms with Crippen LogP contribution in [0.4, 0.5) is 0 Å². The monoisotopic (exact) mass is 356 g/mol. The van der Waals surface area contributed by atoms with Crippen LogP contribution in [0, 0.1) is 5.92 Å². The molecule has 2 aromatic rings. The highest BCUT2D eigenvalue weighted by Gasteiger charge is 2.28. The highest BCUT2D eigenvalue weighted by Crippen LogP contribution is 2.23. The molecule has 0 atom stereocenters. The quantitative estimate of drug-likeness (QED) is 0.865. The molecule has 0 bridgehead atoms. The lowest BCUT2D eigenvalue weighted by Crippen LogP contribution is -2.44. The van der Waals surface area contributed by atoms with Gasteiger partial charge in [0.1, 0.15) is 0 Å². The standard InChI is InChI=1S/C20H28N4O2/c1-15(2)14-26-18-13-24(17-7-5-4-6-8-17)22-19(18)20(25)23(3)16-9-11-21-12-10-16/h4-8,13,15-16,21H,9-12,14H2,1-3H3. The van der Waals surface area contributed by atoms with Crippen molar-refractivity contribution >= 4 is 5.91 Å². The third-order valence-electron chi connectivity index (χ3n) is 4.65. The number of rotatable bonds is 6. The van der Waals surface area contributed by atoms with Crippen molar-refractivity contribution < 1.29 is 9.53 Å². The van der Waals surface area contributed by atoms with Crippen LogP contribution in [0.25, 0.3) is 5.69 Å². The smallest absolute Gasteiger partial charge is 0.278 e. The molecule has 0 unspecified atom stereocenters. The van der Waals surface area contributed by atoms with Crippen LogP contribution in [0.15, 0.2) is 36.5 Å². The van der Waals surface area contributed by atoms with E-state index < -0.39 is 0 Å². The number of carbonyl (C=O) groups is 1. The van der Waals surface area contributed by atoms with E-state index in [-0.39, 0.29) is 11.9 Å². The molecule has 1 aliphatic rings. The zero-order valence-corrected chi connectivity index (χ0v) is 15.8. The second-order valence-corrected chi connectivity index (χ2v) is 7.22. The number of aromatic nitrogens is 2. The summed E-state index contributed by atoms with van der Waals surface area (Å²) in [5.74, 6) is 0.846. The minimum atomic E-state index is -0.0784. The average Bonchev–Trinajstić information content (AvgIpc) is 3.11. The van der Waals surface area contributed by atoms with Crippen molar-refractivity contribution in [1.82, 2.24) is 20.0 Å². The molecule has 0 aliphatic carbocycles.